The minimum atomic E-state index is -0.0773. The van der Waals surface area contributed by atoms with Crippen LogP contribution in [0.2, 0.25) is 0 Å². The second-order valence-electron chi connectivity index (χ2n) is 12.2. The summed E-state index contributed by atoms with van der Waals surface area (Å²) < 4.78 is 12.9. The number of ether oxygens (including phenoxy) is 2. The molecule has 0 amide bonds. The zero-order chi connectivity index (χ0) is 27.5. The molecule has 4 bridgehead atoms. The Morgan fingerprint density at radius 3 is 1.38 bits per heavy atom. The third-order valence-electron chi connectivity index (χ3n) is 9.41. The van der Waals surface area contributed by atoms with Gasteiger partial charge in [0.15, 0.2) is 11.5 Å². The van der Waals surface area contributed by atoms with E-state index in [1.807, 2.05) is 24.3 Å². The van der Waals surface area contributed by atoms with Crippen LogP contribution in [0.3, 0.4) is 0 Å². The van der Waals surface area contributed by atoms with Gasteiger partial charge in [0, 0.05) is 22.0 Å². The first kappa shape index (κ1) is 24.7. The molecular formula is C34H34N2O4. The van der Waals surface area contributed by atoms with E-state index >= 15 is 0 Å². The zero-order valence-electron chi connectivity index (χ0n) is 22.3. The van der Waals surface area contributed by atoms with Crippen molar-refractivity contribution < 1.29 is 19.7 Å². The molecule has 0 heterocycles. The lowest BCUT2D eigenvalue weighted by atomic mass is 9.41. The van der Waals surface area contributed by atoms with Crippen molar-refractivity contribution in [1.29, 1.82) is 0 Å². The van der Waals surface area contributed by atoms with Crippen LogP contribution in [0.25, 0.3) is 0 Å². The van der Waals surface area contributed by atoms with Crippen LogP contribution in [0.4, 0.5) is 11.4 Å². The monoisotopic (exact) mass is 534 g/mol. The molecule has 4 aliphatic rings. The maximum Gasteiger partial charge on any atom is 0.154 e. The van der Waals surface area contributed by atoms with E-state index in [2.05, 4.69) is 12.1 Å². The van der Waals surface area contributed by atoms with Crippen LogP contribution in [-0.4, -0.2) is 10.2 Å². The van der Waals surface area contributed by atoms with Crippen LogP contribution in [0.5, 0.6) is 34.5 Å². The SMILES string of the molecule is Nc1cccc(C23CC4CC(C2)CC(c2cccc(N)c2Oc2ccc(O)cc2)(C4)C3)c1Oc1ccc(O)cc1. The fourth-order valence-corrected chi connectivity index (χ4v) is 8.33. The lowest BCUT2D eigenvalue weighted by Crippen LogP contribution is -2.56. The Bertz CT molecular complexity index is 1440. The first-order chi connectivity index (χ1) is 19.3. The van der Waals surface area contributed by atoms with Crippen molar-refractivity contribution in [2.75, 3.05) is 11.5 Å². The summed E-state index contributed by atoms with van der Waals surface area (Å²) in [6.45, 7) is 0. The number of phenolic OH excluding ortho intramolecular Hbond substituents is 2. The number of nitrogens with two attached hydrogens (primary N) is 2. The van der Waals surface area contributed by atoms with E-state index in [0.29, 0.717) is 34.7 Å². The minimum absolute atomic E-state index is 0.0773. The summed E-state index contributed by atoms with van der Waals surface area (Å²) in [7, 11) is 0. The van der Waals surface area contributed by atoms with Gasteiger partial charge in [-0.05, 0) is 111 Å². The average Bonchev–Trinajstić information content (AvgIpc) is 2.92. The van der Waals surface area contributed by atoms with Crippen LogP contribution >= 0.6 is 0 Å². The van der Waals surface area contributed by atoms with Crippen molar-refractivity contribution in [1.82, 2.24) is 0 Å². The predicted octanol–water partition coefficient (Wildman–Crippen LogP) is 7.64. The smallest absolute Gasteiger partial charge is 0.154 e. The fourth-order valence-electron chi connectivity index (χ4n) is 8.33. The molecule has 0 saturated heterocycles. The maximum absolute atomic E-state index is 9.76. The Labute approximate surface area is 234 Å². The summed E-state index contributed by atoms with van der Waals surface area (Å²) in [6, 6.07) is 25.9. The van der Waals surface area contributed by atoms with E-state index in [-0.39, 0.29) is 22.3 Å². The molecule has 4 aliphatic carbocycles. The molecule has 40 heavy (non-hydrogen) atoms. The van der Waals surface area contributed by atoms with Crippen molar-refractivity contribution in [3.8, 4) is 34.5 Å². The second-order valence-corrected chi connectivity index (χ2v) is 12.2. The standard InChI is InChI=1S/C34H34N2O4/c35-29-5-1-3-27(31(29)39-25-11-7-23(37)8-12-25)33-16-21-15-22(17-33)19-34(18-21,20-33)28-4-2-6-30(36)32(28)40-26-13-9-24(38)10-14-26/h1-14,21-22,37-38H,15-20,35-36H2. The highest BCUT2D eigenvalue weighted by Gasteiger charge is 2.60. The molecule has 6 nitrogen and oxygen atoms in total. The summed E-state index contributed by atoms with van der Waals surface area (Å²) in [5.41, 5.74) is 16.6. The Morgan fingerprint density at radius 1 is 0.575 bits per heavy atom. The number of para-hydroxylation sites is 2. The van der Waals surface area contributed by atoms with Gasteiger partial charge in [0.1, 0.15) is 23.0 Å². The Balaban J connectivity index is 1.31. The minimum Gasteiger partial charge on any atom is -0.508 e. The molecule has 6 N–H and O–H groups in total. The molecular weight excluding hydrogens is 500 g/mol. The highest BCUT2D eigenvalue weighted by Crippen LogP contribution is 2.68. The average molecular weight is 535 g/mol. The third kappa shape index (κ3) is 4.10. The van der Waals surface area contributed by atoms with Gasteiger partial charge in [0.2, 0.25) is 0 Å². The van der Waals surface area contributed by atoms with Crippen molar-refractivity contribution >= 4 is 11.4 Å². The summed E-state index contributed by atoms with van der Waals surface area (Å²) in [6.07, 6.45) is 6.65. The molecule has 0 aromatic heterocycles. The lowest BCUT2D eigenvalue weighted by Gasteiger charge is -2.63. The van der Waals surface area contributed by atoms with Crippen molar-refractivity contribution in [2.45, 2.75) is 49.4 Å². The summed E-state index contributed by atoms with van der Waals surface area (Å²) in [5.74, 6) is 4.32. The topological polar surface area (TPSA) is 111 Å². The molecule has 4 aromatic carbocycles. The van der Waals surface area contributed by atoms with E-state index in [4.69, 9.17) is 20.9 Å². The summed E-state index contributed by atoms with van der Waals surface area (Å²) in [4.78, 5) is 0. The normalized spacial score (nSPS) is 26.5. The van der Waals surface area contributed by atoms with Crippen LogP contribution in [0.1, 0.15) is 49.7 Å². The Hall–Kier alpha value is -4.32. The molecule has 8 rings (SSSR count). The van der Waals surface area contributed by atoms with Gasteiger partial charge in [0.05, 0.1) is 11.4 Å². The molecule has 6 heteroatoms. The van der Waals surface area contributed by atoms with Crippen LogP contribution in [0, 0.1) is 11.8 Å². The Kier molecular flexibility index (Phi) is 5.63. The number of rotatable bonds is 6. The number of hydrogen-bond donors (Lipinski definition) is 4. The molecule has 0 spiro atoms. The van der Waals surface area contributed by atoms with Gasteiger partial charge in [-0.15, -0.1) is 0 Å². The van der Waals surface area contributed by atoms with Gasteiger partial charge in [0.25, 0.3) is 0 Å². The highest BCUT2D eigenvalue weighted by atomic mass is 16.5. The largest absolute Gasteiger partial charge is 0.508 e. The molecule has 0 atom stereocenters. The molecule has 4 saturated carbocycles. The van der Waals surface area contributed by atoms with Crippen LogP contribution in [0.15, 0.2) is 84.9 Å². The summed E-state index contributed by atoms with van der Waals surface area (Å²) >= 11 is 0. The Morgan fingerprint density at radius 2 is 0.975 bits per heavy atom. The number of nitrogen functional groups attached to an aromatic ring is 2. The fraction of sp³-hybridized carbons (Fsp3) is 0.294. The molecule has 0 unspecified atom stereocenters. The van der Waals surface area contributed by atoms with Crippen molar-refractivity contribution in [2.24, 2.45) is 11.8 Å². The van der Waals surface area contributed by atoms with Gasteiger partial charge in [-0.3, -0.25) is 0 Å². The maximum atomic E-state index is 9.76. The molecule has 204 valence electrons. The number of anilines is 2. The van der Waals surface area contributed by atoms with Gasteiger partial charge in [-0.1, -0.05) is 24.3 Å². The van der Waals surface area contributed by atoms with E-state index in [0.717, 1.165) is 43.6 Å². The number of phenols is 2. The van der Waals surface area contributed by atoms with Crippen molar-refractivity contribution in [3.05, 3.63) is 96.1 Å². The van der Waals surface area contributed by atoms with Gasteiger partial charge in [-0.2, -0.15) is 0 Å². The van der Waals surface area contributed by atoms with E-state index in [9.17, 15) is 10.2 Å². The number of aromatic hydroxyl groups is 2. The van der Waals surface area contributed by atoms with Crippen LogP contribution in [-0.2, 0) is 10.8 Å². The number of hydrogen-bond acceptors (Lipinski definition) is 6. The molecule has 0 aliphatic heterocycles. The molecule has 4 aromatic rings. The van der Waals surface area contributed by atoms with E-state index in [1.54, 1.807) is 48.5 Å². The quantitative estimate of drug-likeness (QED) is 0.189. The first-order valence-electron chi connectivity index (χ1n) is 14.0. The third-order valence-corrected chi connectivity index (χ3v) is 9.41. The van der Waals surface area contributed by atoms with Crippen LogP contribution < -0.4 is 20.9 Å². The van der Waals surface area contributed by atoms with Gasteiger partial charge in [-0.25, -0.2) is 0 Å². The molecule has 0 radical (unpaired) electrons. The lowest BCUT2D eigenvalue weighted by molar-refractivity contribution is -0.0294. The zero-order valence-corrected chi connectivity index (χ0v) is 22.3. The van der Waals surface area contributed by atoms with E-state index in [1.165, 1.54) is 17.5 Å². The van der Waals surface area contributed by atoms with E-state index < -0.39 is 0 Å². The highest BCUT2D eigenvalue weighted by molar-refractivity contribution is 5.64. The summed E-state index contributed by atoms with van der Waals surface area (Å²) in [5, 5.41) is 19.5. The predicted molar refractivity (Wildman–Crippen MR) is 156 cm³/mol. The second kappa shape index (κ2) is 9.12. The van der Waals surface area contributed by atoms with Gasteiger partial charge >= 0.3 is 0 Å². The van der Waals surface area contributed by atoms with Crippen molar-refractivity contribution in [3.63, 3.8) is 0 Å². The van der Waals surface area contributed by atoms with Gasteiger partial charge < -0.3 is 31.2 Å². The molecule has 4 fully saturated rings. The first-order valence-corrected chi connectivity index (χ1v) is 14.0. The number of benzene rings is 4.